The Morgan fingerprint density at radius 1 is 1.14 bits per heavy atom. The van der Waals surface area contributed by atoms with Crippen molar-refractivity contribution in [2.45, 2.75) is 43.2 Å². The average molecular weight is 455 g/mol. The van der Waals surface area contributed by atoms with Gasteiger partial charge in [-0.05, 0) is 51.0 Å². The molecule has 1 aromatic carbocycles. The molecule has 0 aliphatic carbocycles. The summed E-state index contributed by atoms with van der Waals surface area (Å²) in [5, 5.41) is 3.49. The lowest BCUT2D eigenvalue weighted by Gasteiger charge is -2.26. The molecule has 2 aromatic rings. The van der Waals surface area contributed by atoms with Crippen LogP contribution in [0.15, 0.2) is 34.3 Å². The highest BCUT2D eigenvalue weighted by molar-refractivity contribution is 7.99. The molecule has 3 rings (SSSR count). The van der Waals surface area contributed by atoms with Crippen molar-refractivity contribution in [3.63, 3.8) is 0 Å². The Morgan fingerprint density at radius 3 is 2.45 bits per heavy atom. The van der Waals surface area contributed by atoms with Gasteiger partial charge in [-0.2, -0.15) is 4.31 Å². The monoisotopic (exact) mass is 454 g/mol. The van der Waals surface area contributed by atoms with E-state index in [0.29, 0.717) is 18.2 Å². The number of carbonyl (C=O) groups excluding carboxylic acids is 1. The SMILES string of the molecule is Cc1cc(C)nc(SCC(=O)Nc2cc(S(=O)(=O)N3CCCCC3)ccc2Cl)n1. The van der Waals surface area contributed by atoms with Crippen molar-refractivity contribution in [2.24, 2.45) is 0 Å². The first-order valence-corrected chi connectivity index (χ1v) is 12.1. The van der Waals surface area contributed by atoms with Crippen molar-refractivity contribution in [1.82, 2.24) is 14.3 Å². The Hall–Kier alpha value is -1.68. The number of carbonyl (C=O) groups is 1. The van der Waals surface area contributed by atoms with Gasteiger partial charge in [0.05, 0.1) is 21.4 Å². The van der Waals surface area contributed by atoms with Crippen molar-refractivity contribution >= 4 is 45.0 Å². The maximum atomic E-state index is 12.9. The predicted molar refractivity (Wildman–Crippen MR) is 115 cm³/mol. The first kappa shape index (κ1) is 22.0. The number of benzene rings is 1. The lowest BCUT2D eigenvalue weighted by atomic mass is 10.2. The summed E-state index contributed by atoms with van der Waals surface area (Å²) in [6.07, 6.45) is 2.75. The van der Waals surface area contributed by atoms with Crippen molar-refractivity contribution in [3.05, 3.63) is 40.7 Å². The van der Waals surface area contributed by atoms with Crippen LogP contribution in [0.4, 0.5) is 5.69 Å². The fraction of sp³-hybridized carbons (Fsp3) is 0.421. The van der Waals surface area contributed by atoms with Crippen LogP contribution in [-0.4, -0.2) is 47.4 Å². The van der Waals surface area contributed by atoms with Crippen molar-refractivity contribution in [2.75, 3.05) is 24.2 Å². The lowest BCUT2D eigenvalue weighted by Crippen LogP contribution is -2.35. The van der Waals surface area contributed by atoms with Gasteiger partial charge in [-0.3, -0.25) is 4.79 Å². The summed E-state index contributed by atoms with van der Waals surface area (Å²) in [6, 6.07) is 6.24. The van der Waals surface area contributed by atoms with Crippen LogP contribution in [0.3, 0.4) is 0 Å². The van der Waals surface area contributed by atoms with E-state index >= 15 is 0 Å². The first-order valence-electron chi connectivity index (χ1n) is 9.30. The molecule has 1 aliphatic heterocycles. The second-order valence-electron chi connectivity index (χ2n) is 6.88. The maximum absolute atomic E-state index is 12.9. The third-order valence-corrected chi connectivity index (χ3v) is 7.53. The number of aromatic nitrogens is 2. The summed E-state index contributed by atoms with van der Waals surface area (Å²) in [7, 11) is -3.60. The smallest absolute Gasteiger partial charge is 0.243 e. The zero-order valence-corrected chi connectivity index (χ0v) is 18.7. The number of halogens is 1. The molecule has 0 atom stereocenters. The van der Waals surface area contributed by atoms with E-state index in [1.54, 1.807) is 0 Å². The summed E-state index contributed by atoms with van der Waals surface area (Å²) in [5.74, 6) is -0.227. The van der Waals surface area contributed by atoms with Gasteiger partial charge < -0.3 is 5.32 Å². The molecule has 156 valence electrons. The Balaban J connectivity index is 1.70. The number of piperidine rings is 1. The molecule has 1 aromatic heterocycles. The highest BCUT2D eigenvalue weighted by Gasteiger charge is 2.26. The van der Waals surface area contributed by atoms with Crippen LogP contribution in [-0.2, 0) is 14.8 Å². The number of hydrogen-bond donors (Lipinski definition) is 1. The maximum Gasteiger partial charge on any atom is 0.243 e. The minimum Gasteiger partial charge on any atom is -0.324 e. The van der Waals surface area contributed by atoms with Crippen LogP contribution in [0, 0.1) is 13.8 Å². The zero-order chi connectivity index (χ0) is 21.0. The number of hydrogen-bond acceptors (Lipinski definition) is 6. The second-order valence-corrected chi connectivity index (χ2v) is 10.2. The largest absolute Gasteiger partial charge is 0.324 e. The van der Waals surface area contributed by atoms with Gasteiger partial charge in [0.1, 0.15) is 0 Å². The number of nitrogens with one attached hydrogen (secondary N) is 1. The fourth-order valence-corrected chi connectivity index (χ4v) is 5.55. The van der Waals surface area contributed by atoms with Gasteiger partial charge in [0.25, 0.3) is 0 Å². The molecule has 0 spiro atoms. The van der Waals surface area contributed by atoms with Crippen LogP contribution >= 0.6 is 23.4 Å². The van der Waals surface area contributed by atoms with Gasteiger partial charge in [0.2, 0.25) is 15.9 Å². The van der Waals surface area contributed by atoms with E-state index in [2.05, 4.69) is 15.3 Å². The van der Waals surface area contributed by atoms with Crippen LogP contribution in [0.1, 0.15) is 30.7 Å². The van der Waals surface area contributed by atoms with Crippen LogP contribution in [0.25, 0.3) is 0 Å². The summed E-state index contributed by atoms with van der Waals surface area (Å²) in [6.45, 7) is 4.76. The third-order valence-electron chi connectivity index (χ3n) is 4.46. The van der Waals surface area contributed by atoms with Gasteiger partial charge in [-0.1, -0.05) is 29.8 Å². The first-order chi connectivity index (χ1) is 13.8. The van der Waals surface area contributed by atoms with Gasteiger partial charge in [0, 0.05) is 24.5 Å². The molecule has 29 heavy (non-hydrogen) atoms. The molecular weight excluding hydrogens is 432 g/mol. The third kappa shape index (κ3) is 5.69. The Morgan fingerprint density at radius 2 is 1.79 bits per heavy atom. The molecule has 0 bridgehead atoms. The van der Waals surface area contributed by atoms with Crippen LogP contribution in [0.2, 0.25) is 5.02 Å². The molecule has 0 radical (unpaired) electrons. The zero-order valence-electron chi connectivity index (χ0n) is 16.3. The molecule has 7 nitrogen and oxygen atoms in total. The number of thioether (sulfide) groups is 1. The second kappa shape index (κ2) is 9.42. The highest BCUT2D eigenvalue weighted by atomic mass is 35.5. The molecule has 0 saturated carbocycles. The number of aryl methyl sites for hydroxylation is 2. The van der Waals surface area contributed by atoms with Crippen LogP contribution in [0.5, 0.6) is 0 Å². The summed E-state index contributed by atoms with van der Waals surface area (Å²) in [5.41, 5.74) is 1.94. The average Bonchev–Trinajstić information content (AvgIpc) is 2.68. The van der Waals surface area contributed by atoms with Gasteiger partial charge in [-0.15, -0.1) is 0 Å². The molecule has 1 fully saturated rings. The normalized spacial score (nSPS) is 15.3. The number of nitrogens with zero attached hydrogens (tertiary/aromatic N) is 3. The topological polar surface area (TPSA) is 92.3 Å². The number of rotatable bonds is 6. The molecule has 1 saturated heterocycles. The van der Waals surface area contributed by atoms with E-state index in [-0.39, 0.29) is 27.3 Å². The van der Waals surface area contributed by atoms with Crippen molar-refractivity contribution < 1.29 is 13.2 Å². The highest BCUT2D eigenvalue weighted by Crippen LogP contribution is 2.28. The Labute approximate surface area is 180 Å². The minimum atomic E-state index is -3.60. The Bertz CT molecular complexity index is 988. The number of amides is 1. The van der Waals surface area contributed by atoms with Crippen LogP contribution < -0.4 is 5.32 Å². The van der Waals surface area contributed by atoms with E-state index in [4.69, 9.17) is 11.6 Å². The van der Waals surface area contributed by atoms with E-state index in [0.717, 1.165) is 30.7 Å². The number of anilines is 1. The number of sulfonamides is 1. The Kier molecular flexibility index (Phi) is 7.15. The molecule has 1 amide bonds. The van der Waals surface area contributed by atoms with Gasteiger partial charge >= 0.3 is 0 Å². The summed E-state index contributed by atoms with van der Waals surface area (Å²) >= 11 is 7.39. The molecule has 0 unspecified atom stereocenters. The molecule has 1 N–H and O–H groups in total. The fourth-order valence-electron chi connectivity index (χ4n) is 3.09. The lowest BCUT2D eigenvalue weighted by molar-refractivity contribution is -0.113. The molecular formula is C19H23ClN4O3S2. The molecule has 10 heteroatoms. The molecule has 2 heterocycles. The van der Waals surface area contributed by atoms with E-state index in [9.17, 15) is 13.2 Å². The minimum absolute atomic E-state index is 0.0856. The van der Waals surface area contributed by atoms with E-state index < -0.39 is 10.0 Å². The van der Waals surface area contributed by atoms with E-state index in [1.807, 2.05) is 19.9 Å². The quantitative estimate of drug-likeness (QED) is 0.529. The van der Waals surface area contributed by atoms with Crippen molar-refractivity contribution in [1.29, 1.82) is 0 Å². The van der Waals surface area contributed by atoms with E-state index in [1.165, 1.54) is 34.3 Å². The molecule has 1 aliphatic rings. The summed E-state index contributed by atoms with van der Waals surface area (Å²) in [4.78, 5) is 21.1. The standard InChI is InChI=1S/C19H23ClN4O3S2/c1-13-10-14(2)22-19(21-13)28-12-18(25)23-17-11-15(6-7-16(17)20)29(26,27)24-8-4-3-5-9-24/h6-7,10-11H,3-5,8-9,12H2,1-2H3,(H,23,25). The van der Waals surface area contributed by atoms with Gasteiger partial charge in [-0.25, -0.2) is 18.4 Å². The van der Waals surface area contributed by atoms with Gasteiger partial charge in [0.15, 0.2) is 5.16 Å². The van der Waals surface area contributed by atoms with Crippen molar-refractivity contribution in [3.8, 4) is 0 Å². The predicted octanol–water partition coefficient (Wildman–Crippen LogP) is 3.65. The summed E-state index contributed by atoms with van der Waals surface area (Å²) < 4.78 is 27.2.